The summed E-state index contributed by atoms with van der Waals surface area (Å²) in [5.41, 5.74) is 0. The van der Waals surface area contributed by atoms with Crippen molar-refractivity contribution in [3.8, 4) is 0 Å². The fourth-order valence-electron chi connectivity index (χ4n) is 3.65. The number of unbranched alkanes of at least 4 members (excludes halogenated alkanes) is 9. The minimum Gasteiger partial charge on any atom is -0.477 e. The molecule has 1 aliphatic rings. The van der Waals surface area contributed by atoms with Crippen molar-refractivity contribution in [2.45, 2.75) is 90.7 Å². The van der Waals surface area contributed by atoms with Crippen molar-refractivity contribution in [3.63, 3.8) is 0 Å². The molecule has 24 heavy (non-hydrogen) atoms. The van der Waals surface area contributed by atoms with E-state index in [1.165, 1.54) is 57.8 Å². The first-order valence-electron chi connectivity index (χ1n) is 9.83. The molecule has 0 radical (unpaired) electrons. The lowest BCUT2D eigenvalue weighted by molar-refractivity contribution is -0.877. The lowest BCUT2D eigenvalue weighted by Gasteiger charge is -2.35. The maximum atomic E-state index is 11.2. The van der Waals surface area contributed by atoms with E-state index in [9.17, 15) is 15.0 Å². The van der Waals surface area contributed by atoms with Gasteiger partial charge in [-0.05, 0) is 6.42 Å². The van der Waals surface area contributed by atoms with Crippen molar-refractivity contribution in [1.82, 2.24) is 0 Å². The van der Waals surface area contributed by atoms with Crippen LogP contribution in [0.1, 0.15) is 84.5 Å². The summed E-state index contributed by atoms with van der Waals surface area (Å²) in [6, 6.07) is 0. The molecule has 1 rings (SSSR count). The number of hydrogen-bond acceptors (Lipinski definition) is 3. The molecule has 1 heterocycles. The highest BCUT2D eigenvalue weighted by Gasteiger charge is 2.43. The third kappa shape index (κ3) is 6.89. The van der Waals surface area contributed by atoms with Crippen LogP contribution < -0.4 is 0 Å². The smallest absolute Gasteiger partial charge is 0.359 e. The summed E-state index contributed by atoms with van der Waals surface area (Å²) in [4.78, 5) is 15.7. The number of carboxylic acid groups (broad SMARTS) is 1. The Morgan fingerprint density at radius 2 is 1.62 bits per heavy atom. The summed E-state index contributed by atoms with van der Waals surface area (Å²) in [5.74, 6) is 0.0144. The van der Waals surface area contributed by atoms with Gasteiger partial charge in [-0.15, -0.1) is 0 Å². The molecule has 5 nitrogen and oxygen atoms in total. The maximum absolute atomic E-state index is 11.2. The van der Waals surface area contributed by atoms with Gasteiger partial charge in [-0.1, -0.05) is 64.7 Å². The van der Waals surface area contributed by atoms with Crippen LogP contribution in [0.5, 0.6) is 0 Å². The number of amidine groups is 1. The van der Waals surface area contributed by atoms with Crippen LogP contribution in [0.25, 0.3) is 0 Å². The monoisotopic (exact) mass is 341 g/mol. The molecular weight excluding hydrogens is 304 g/mol. The number of aliphatic hydroxyl groups is 1. The zero-order valence-electron chi connectivity index (χ0n) is 15.7. The van der Waals surface area contributed by atoms with Gasteiger partial charge in [-0.25, -0.2) is 14.3 Å². The predicted octanol–water partition coefficient (Wildman–Crippen LogP) is 3.95. The topological polar surface area (TPSA) is 69.9 Å². The van der Waals surface area contributed by atoms with E-state index in [1.807, 2.05) is 0 Å². The Balaban J connectivity index is 2.20. The summed E-state index contributed by atoms with van der Waals surface area (Å²) in [6.45, 7) is 5.11. The number of aliphatic imine (C=N–C) groups is 1. The zero-order valence-corrected chi connectivity index (χ0v) is 15.7. The molecule has 0 amide bonds. The van der Waals surface area contributed by atoms with Gasteiger partial charge in [0.05, 0.1) is 6.54 Å². The number of quaternary nitrogens is 1. The highest BCUT2D eigenvalue weighted by molar-refractivity contribution is 5.80. The maximum Gasteiger partial charge on any atom is 0.359 e. The molecule has 0 spiro atoms. The first-order valence-corrected chi connectivity index (χ1v) is 9.83. The van der Waals surface area contributed by atoms with E-state index >= 15 is 0 Å². The first-order chi connectivity index (χ1) is 11.5. The number of aliphatic carboxylic acids is 1. The van der Waals surface area contributed by atoms with E-state index in [2.05, 4.69) is 11.9 Å². The summed E-state index contributed by atoms with van der Waals surface area (Å²) in [6.07, 6.45) is 13.0. The largest absolute Gasteiger partial charge is 0.477 e. The number of rotatable bonds is 14. The molecule has 0 saturated heterocycles. The minimum atomic E-state index is -0.867. The quantitative estimate of drug-likeness (QED) is 0.371. The van der Waals surface area contributed by atoms with Gasteiger partial charge in [0, 0.05) is 13.3 Å². The van der Waals surface area contributed by atoms with E-state index in [0.29, 0.717) is 13.1 Å². The molecule has 0 aliphatic carbocycles. The molecule has 5 heteroatoms. The summed E-state index contributed by atoms with van der Waals surface area (Å²) >= 11 is 0. The van der Waals surface area contributed by atoms with E-state index in [4.69, 9.17) is 0 Å². The molecule has 0 fully saturated rings. The number of nitrogens with zero attached hydrogens (tertiary/aromatic N) is 2. The van der Waals surface area contributed by atoms with Crippen LogP contribution in [0, 0.1) is 0 Å². The predicted molar refractivity (Wildman–Crippen MR) is 98.1 cm³/mol. The van der Waals surface area contributed by atoms with Crippen LogP contribution in [-0.2, 0) is 4.79 Å². The Hall–Kier alpha value is -0.940. The Morgan fingerprint density at radius 1 is 1.08 bits per heavy atom. The van der Waals surface area contributed by atoms with Gasteiger partial charge in [0.25, 0.3) is 0 Å². The van der Waals surface area contributed by atoms with Gasteiger partial charge in [0.1, 0.15) is 6.54 Å². The molecule has 2 atom stereocenters. The summed E-state index contributed by atoms with van der Waals surface area (Å²) < 4.78 is 0.132. The van der Waals surface area contributed by atoms with Crippen LogP contribution in [0.4, 0.5) is 0 Å². The van der Waals surface area contributed by atoms with Crippen molar-refractivity contribution in [2.24, 2.45) is 4.99 Å². The normalized spacial score (nSPS) is 21.7. The lowest BCUT2D eigenvalue weighted by atomic mass is 10.1. The molecule has 140 valence electrons. The van der Waals surface area contributed by atoms with Gasteiger partial charge in [0.15, 0.2) is 12.8 Å². The summed E-state index contributed by atoms with van der Waals surface area (Å²) in [7, 11) is 0. The van der Waals surface area contributed by atoms with Crippen molar-refractivity contribution in [2.75, 3.05) is 19.6 Å². The van der Waals surface area contributed by atoms with E-state index in [-0.39, 0.29) is 11.0 Å². The number of aliphatic hydroxyl groups excluding tert-OH is 1. The van der Waals surface area contributed by atoms with Gasteiger partial charge in [-0.3, -0.25) is 0 Å². The molecule has 0 aromatic rings. The highest BCUT2D eigenvalue weighted by Crippen LogP contribution is 2.23. The second kappa shape index (κ2) is 11.6. The van der Waals surface area contributed by atoms with Gasteiger partial charge >= 0.3 is 5.97 Å². The fraction of sp³-hybridized carbons (Fsp3) is 0.895. The van der Waals surface area contributed by atoms with Crippen molar-refractivity contribution < 1.29 is 19.5 Å². The molecule has 0 aromatic heterocycles. The Morgan fingerprint density at radius 3 is 2.12 bits per heavy atom. The second-order valence-electron chi connectivity index (χ2n) is 7.17. The SMILES string of the molecule is CCCCCCCCCCCCC1=NCC[N+]1(CC(=O)O)C(C)O. The zero-order chi connectivity index (χ0) is 17.8. The first kappa shape index (κ1) is 21.1. The fourth-order valence-corrected chi connectivity index (χ4v) is 3.65. The standard InChI is InChI=1S/C19H36N2O3/c1-3-4-5-6-7-8-9-10-11-12-13-18-20-14-15-21(18,17(2)22)16-19(23)24/h17,22H,3-16H2,1-2H3/p+1. The number of carbonyl (C=O) groups is 1. The minimum absolute atomic E-state index is 0.0613. The van der Waals surface area contributed by atoms with Crippen molar-refractivity contribution >= 4 is 11.8 Å². The second-order valence-corrected chi connectivity index (χ2v) is 7.17. The van der Waals surface area contributed by atoms with Gasteiger partial charge in [-0.2, -0.15) is 0 Å². The molecule has 2 N–H and O–H groups in total. The Labute approximate surface area is 147 Å². The van der Waals surface area contributed by atoms with E-state index < -0.39 is 12.2 Å². The third-order valence-corrected chi connectivity index (χ3v) is 5.19. The molecule has 1 aliphatic heterocycles. The molecule has 0 aromatic carbocycles. The molecule has 0 bridgehead atoms. The Bertz CT molecular complexity index is 396. The van der Waals surface area contributed by atoms with Crippen molar-refractivity contribution in [3.05, 3.63) is 0 Å². The van der Waals surface area contributed by atoms with E-state index in [0.717, 1.165) is 18.7 Å². The third-order valence-electron chi connectivity index (χ3n) is 5.19. The molecule has 0 saturated carbocycles. The number of hydrogen-bond donors (Lipinski definition) is 2. The van der Waals surface area contributed by atoms with Crippen LogP contribution in [0.2, 0.25) is 0 Å². The Kier molecular flexibility index (Phi) is 10.2. The van der Waals surface area contributed by atoms with Crippen LogP contribution >= 0.6 is 0 Å². The van der Waals surface area contributed by atoms with Crippen LogP contribution in [-0.4, -0.2) is 52.4 Å². The van der Waals surface area contributed by atoms with Gasteiger partial charge in [0.2, 0.25) is 5.84 Å². The van der Waals surface area contributed by atoms with Gasteiger partial charge < -0.3 is 10.2 Å². The van der Waals surface area contributed by atoms with Crippen molar-refractivity contribution in [1.29, 1.82) is 0 Å². The summed E-state index contributed by atoms with van der Waals surface area (Å²) in [5, 5.41) is 19.3. The number of carboxylic acids is 1. The highest BCUT2D eigenvalue weighted by atomic mass is 16.4. The average molecular weight is 342 g/mol. The molecular formula is C19H37N2O3+. The lowest BCUT2D eigenvalue weighted by Crippen LogP contribution is -2.59. The average Bonchev–Trinajstić information content (AvgIpc) is 2.92. The van der Waals surface area contributed by atoms with E-state index in [1.54, 1.807) is 6.92 Å². The van der Waals surface area contributed by atoms with Crippen LogP contribution in [0.15, 0.2) is 4.99 Å². The van der Waals surface area contributed by atoms with Crippen LogP contribution in [0.3, 0.4) is 0 Å². The molecule has 2 unspecified atom stereocenters.